The highest BCUT2D eigenvalue weighted by Crippen LogP contribution is 2.41. The van der Waals surface area contributed by atoms with Gasteiger partial charge in [-0.3, -0.25) is 4.79 Å². The third-order valence-electron chi connectivity index (χ3n) is 6.23. The molecule has 4 N–H and O–H groups in total. The summed E-state index contributed by atoms with van der Waals surface area (Å²) in [6.45, 7) is 0. The quantitative estimate of drug-likeness (QED) is 0.492. The molecule has 2 aromatic carbocycles. The maximum absolute atomic E-state index is 12.5. The van der Waals surface area contributed by atoms with Gasteiger partial charge in [0, 0.05) is 36.8 Å². The van der Waals surface area contributed by atoms with Crippen molar-refractivity contribution in [1.29, 1.82) is 0 Å². The van der Waals surface area contributed by atoms with Crippen LogP contribution in [0.2, 0.25) is 0 Å². The second-order valence-corrected chi connectivity index (χ2v) is 8.53. The zero-order valence-corrected chi connectivity index (χ0v) is 18.6. The molecule has 0 amide bonds. The summed E-state index contributed by atoms with van der Waals surface area (Å²) in [7, 11) is 1.44. The number of ether oxygens (including phenoxy) is 2. The first-order valence-electron chi connectivity index (χ1n) is 11.2. The lowest BCUT2D eigenvalue weighted by molar-refractivity contribution is -0.121. The molecule has 0 aromatic heterocycles. The van der Waals surface area contributed by atoms with Gasteiger partial charge in [-0.25, -0.2) is 0 Å². The van der Waals surface area contributed by atoms with Crippen LogP contribution in [-0.4, -0.2) is 45.7 Å². The van der Waals surface area contributed by atoms with Gasteiger partial charge >= 0.3 is 0 Å². The molecule has 174 valence electrons. The SMILES string of the molecule is COc1c(O)ccc2c1C#CCc1cc(c3c(c1O)O[C@@H](O)CC3)CC[C@@H](O)CC(=O)CC2. The largest absolute Gasteiger partial charge is 0.504 e. The molecule has 0 saturated carbocycles. The zero-order valence-electron chi connectivity index (χ0n) is 18.6. The van der Waals surface area contributed by atoms with Gasteiger partial charge in [-0.05, 0) is 42.9 Å². The number of Topliss-reactive ketones (excluding diaryl/α,β-unsaturated/α-hetero) is 1. The van der Waals surface area contributed by atoms with Crippen LogP contribution in [0.1, 0.15) is 53.5 Å². The smallest absolute Gasteiger partial charge is 0.197 e. The number of benzene rings is 2. The Morgan fingerprint density at radius 2 is 1.85 bits per heavy atom. The van der Waals surface area contributed by atoms with E-state index in [9.17, 15) is 25.2 Å². The number of carbonyl (C=O) groups is 1. The van der Waals surface area contributed by atoms with Crippen molar-refractivity contribution in [1.82, 2.24) is 0 Å². The third kappa shape index (κ3) is 4.92. The predicted octanol–water partition coefficient (Wildman–Crippen LogP) is 2.54. The number of phenolic OH excluding ortho intramolecular Hbond substituents is 2. The van der Waals surface area contributed by atoms with E-state index in [0.29, 0.717) is 43.2 Å². The van der Waals surface area contributed by atoms with E-state index >= 15 is 0 Å². The number of hydrogen-bond acceptors (Lipinski definition) is 7. The van der Waals surface area contributed by atoms with Gasteiger partial charge in [0.1, 0.15) is 5.78 Å². The first-order valence-corrected chi connectivity index (χ1v) is 11.2. The monoisotopic (exact) mass is 452 g/mol. The average Bonchev–Trinajstić information content (AvgIpc) is 2.79. The molecule has 2 bridgehead atoms. The van der Waals surface area contributed by atoms with Crippen molar-refractivity contribution in [3.63, 3.8) is 0 Å². The van der Waals surface area contributed by atoms with Crippen molar-refractivity contribution in [2.75, 3.05) is 7.11 Å². The highest BCUT2D eigenvalue weighted by molar-refractivity contribution is 5.79. The minimum atomic E-state index is -0.992. The van der Waals surface area contributed by atoms with Crippen LogP contribution in [0, 0.1) is 11.8 Å². The Morgan fingerprint density at radius 3 is 2.64 bits per heavy atom. The number of phenols is 2. The topological polar surface area (TPSA) is 116 Å². The van der Waals surface area contributed by atoms with Crippen molar-refractivity contribution >= 4 is 5.78 Å². The zero-order chi connectivity index (χ0) is 23.5. The number of aryl methyl sites for hydroxylation is 2. The van der Waals surface area contributed by atoms with Gasteiger partial charge in [-0.2, -0.15) is 0 Å². The maximum Gasteiger partial charge on any atom is 0.197 e. The molecule has 0 radical (unpaired) electrons. The number of aliphatic hydroxyl groups excluding tert-OH is 2. The molecule has 1 aliphatic carbocycles. The van der Waals surface area contributed by atoms with Gasteiger partial charge in [0.05, 0.1) is 18.8 Å². The van der Waals surface area contributed by atoms with Crippen molar-refractivity contribution in [2.45, 2.75) is 63.8 Å². The molecule has 2 aromatic rings. The number of methoxy groups -OCH3 is 1. The van der Waals surface area contributed by atoms with Crippen molar-refractivity contribution in [3.8, 4) is 34.8 Å². The molecule has 0 fully saturated rings. The van der Waals surface area contributed by atoms with E-state index in [1.54, 1.807) is 6.07 Å². The Hall–Kier alpha value is -3.21. The van der Waals surface area contributed by atoms with Gasteiger partial charge in [-0.15, -0.1) is 0 Å². The Kier molecular flexibility index (Phi) is 6.77. The summed E-state index contributed by atoms with van der Waals surface area (Å²) in [5, 5.41) is 41.4. The molecule has 2 aliphatic rings. The Balaban J connectivity index is 1.80. The van der Waals surface area contributed by atoms with Gasteiger partial charge in [-0.1, -0.05) is 24.0 Å². The fourth-order valence-electron chi connectivity index (χ4n) is 4.48. The molecule has 7 nitrogen and oxygen atoms in total. The molecule has 4 rings (SSSR count). The number of aromatic hydroxyl groups is 2. The molecular weight excluding hydrogens is 424 g/mol. The molecule has 7 heteroatoms. The summed E-state index contributed by atoms with van der Waals surface area (Å²) in [5.41, 5.74) is 3.52. The molecule has 2 atom stereocenters. The van der Waals surface area contributed by atoms with Gasteiger partial charge in [0.15, 0.2) is 29.3 Å². The second-order valence-electron chi connectivity index (χ2n) is 8.53. The lowest BCUT2D eigenvalue weighted by Gasteiger charge is -2.26. The maximum atomic E-state index is 12.5. The van der Waals surface area contributed by atoms with Crippen LogP contribution in [0.15, 0.2) is 18.2 Å². The number of fused-ring (bicyclic) bond motifs is 5. The summed E-state index contributed by atoms with van der Waals surface area (Å²) in [6.07, 6.45) is 1.01. The summed E-state index contributed by atoms with van der Waals surface area (Å²) < 4.78 is 10.9. The molecule has 1 heterocycles. The number of rotatable bonds is 1. The number of carbonyl (C=O) groups excluding carboxylic acids is 1. The lowest BCUT2D eigenvalue weighted by atomic mass is 9.91. The molecule has 33 heavy (non-hydrogen) atoms. The van der Waals surface area contributed by atoms with Crippen LogP contribution >= 0.6 is 0 Å². The number of hydrogen-bond donors (Lipinski definition) is 4. The first-order chi connectivity index (χ1) is 15.9. The summed E-state index contributed by atoms with van der Waals surface area (Å²) in [4.78, 5) is 12.5. The molecule has 1 aliphatic heterocycles. The van der Waals surface area contributed by atoms with Crippen molar-refractivity contribution in [3.05, 3.63) is 46.0 Å². The lowest BCUT2D eigenvalue weighted by Crippen LogP contribution is -2.23. The Morgan fingerprint density at radius 1 is 1.03 bits per heavy atom. The van der Waals surface area contributed by atoms with E-state index in [-0.39, 0.29) is 48.0 Å². The summed E-state index contributed by atoms with van der Waals surface area (Å²) >= 11 is 0. The molecule has 0 saturated heterocycles. The van der Waals surface area contributed by atoms with E-state index in [2.05, 4.69) is 11.8 Å². The Bertz CT molecular complexity index is 1130. The predicted molar refractivity (Wildman–Crippen MR) is 121 cm³/mol. The van der Waals surface area contributed by atoms with Crippen LogP contribution in [0.4, 0.5) is 0 Å². The first kappa shape index (κ1) is 23.0. The van der Waals surface area contributed by atoms with E-state index in [1.807, 2.05) is 6.07 Å². The Labute approximate surface area is 192 Å². The van der Waals surface area contributed by atoms with Crippen LogP contribution < -0.4 is 9.47 Å². The van der Waals surface area contributed by atoms with E-state index < -0.39 is 12.4 Å². The normalized spacial score (nSPS) is 20.8. The van der Waals surface area contributed by atoms with Crippen LogP contribution in [0.5, 0.6) is 23.0 Å². The van der Waals surface area contributed by atoms with Crippen molar-refractivity contribution < 1.29 is 34.7 Å². The number of aliphatic hydroxyl groups is 2. The highest BCUT2D eigenvalue weighted by atomic mass is 16.6. The van der Waals surface area contributed by atoms with E-state index in [1.165, 1.54) is 13.2 Å². The summed E-state index contributed by atoms with van der Waals surface area (Å²) in [6, 6.07) is 5.09. The third-order valence-corrected chi connectivity index (χ3v) is 6.23. The minimum absolute atomic E-state index is 0.0495. The number of ketones is 1. The average molecular weight is 453 g/mol. The van der Waals surface area contributed by atoms with Crippen LogP contribution in [0.25, 0.3) is 0 Å². The summed E-state index contributed by atoms with van der Waals surface area (Å²) in [5.74, 6) is 6.43. The van der Waals surface area contributed by atoms with Crippen LogP contribution in [-0.2, 0) is 30.5 Å². The fraction of sp³-hybridized carbons (Fsp3) is 0.423. The molecular formula is C26H28O7. The standard InChI is InChI=1S/C26H28O7/c1-32-25-20-4-2-3-17-13-16(21-10-12-23(30)33-26(21)24(17)31)6-9-19(28)14-18(27)8-5-15(20)7-11-22(25)29/h7,11,13,19,23,28-31H,3,5-6,8-10,12,14H2,1H3/t19-,23-/m1/s1. The fourth-order valence-corrected chi connectivity index (χ4v) is 4.48. The van der Waals surface area contributed by atoms with Gasteiger partial charge < -0.3 is 29.9 Å². The van der Waals surface area contributed by atoms with E-state index in [0.717, 1.165) is 16.7 Å². The van der Waals surface area contributed by atoms with E-state index in [4.69, 9.17) is 9.47 Å². The molecule has 0 spiro atoms. The second kappa shape index (κ2) is 9.74. The molecule has 0 unspecified atom stereocenters. The van der Waals surface area contributed by atoms with Crippen molar-refractivity contribution in [2.24, 2.45) is 0 Å². The van der Waals surface area contributed by atoms with Gasteiger partial charge in [0.2, 0.25) is 0 Å². The van der Waals surface area contributed by atoms with Gasteiger partial charge in [0.25, 0.3) is 0 Å². The highest BCUT2D eigenvalue weighted by Gasteiger charge is 2.26. The minimum Gasteiger partial charge on any atom is -0.504 e. The van der Waals surface area contributed by atoms with Crippen LogP contribution in [0.3, 0.4) is 0 Å².